The van der Waals surface area contributed by atoms with Gasteiger partial charge in [0.05, 0.1) is 20.9 Å². The molecule has 2 nitrogen and oxygen atoms in total. The van der Waals surface area contributed by atoms with Crippen molar-refractivity contribution >= 4 is 34.3 Å². The second kappa shape index (κ2) is 5.06. The van der Waals surface area contributed by atoms with Crippen molar-refractivity contribution in [3.8, 4) is 10.6 Å². The summed E-state index contributed by atoms with van der Waals surface area (Å²) in [5, 5.41) is 6.88. The highest BCUT2D eigenvalue weighted by atomic mass is 35.5. The lowest BCUT2D eigenvalue weighted by atomic mass is 10.1. The Kier molecular flexibility index (Phi) is 3.47. The van der Waals surface area contributed by atoms with Gasteiger partial charge in [-0.05, 0) is 31.5 Å². The third-order valence-electron chi connectivity index (χ3n) is 2.96. The average Bonchev–Trinajstić information content (AvgIpc) is 2.98. The lowest BCUT2D eigenvalue weighted by Gasteiger charge is -2.21. The molecular formula is C12H13ClN2S2. The molecule has 0 aliphatic carbocycles. The van der Waals surface area contributed by atoms with Gasteiger partial charge < -0.3 is 5.32 Å². The number of thiophene rings is 1. The SMILES string of the molecule is Clc1ccc(-c2csc(C3CCCCN3)n2)s1. The molecule has 3 heterocycles. The molecule has 0 aromatic carbocycles. The van der Waals surface area contributed by atoms with Crippen LogP contribution in [-0.4, -0.2) is 11.5 Å². The Morgan fingerprint density at radius 2 is 2.29 bits per heavy atom. The molecule has 2 aromatic heterocycles. The minimum atomic E-state index is 0.456. The summed E-state index contributed by atoms with van der Waals surface area (Å²) in [6.07, 6.45) is 3.80. The van der Waals surface area contributed by atoms with Crippen molar-refractivity contribution in [2.24, 2.45) is 0 Å². The fraction of sp³-hybridized carbons (Fsp3) is 0.417. The molecular weight excluding hydrogens is 272 g/mol. The number of hydrogen-bond donors (Lipinski definition) is 1. The first-order valence-corrected chi connectivity index (χ1v) is 7.85. The smallest absolute Gasteiger partial charge is 0.110 e. The molecule has 1 aliphatic heterocycles. The Labute approximate surface area is 114 Å². The van der Waals surface area contributed by atoms with Gasteiger partial charge in [-0.1, -0.05) is 18.0 Å². The molecule has 1 saturated heterocycles. The largest absolute Gasteiger partial charge is 0.308 e. The maximum atomic E-state index is 5.95. The van der Waals surface area contributed by atoms with Crippen LogP contribution in [0.4, 0.5) is 0 Å². The van der Waals surface area contributed by atoms with Gasteiger partial charge in [0, 0.05) is 5.38 Å². The second-order valence-electron chi connectivity index (χ2n) is 4.18. The van der Waals surface area contributed by atoms with Gasteiger partial charge >= 0.3 is 0 Å². The van der Waals surface area contributed by atoms with Crippen LogP contribution >= 0.6 is 34.3 Å². The van der Waals surface area contributed by atoms with Crippen LogP contribution in [0.5, 0.6) is 0 Å². The zero-order valence-corrected chi connectivity index (χ0v) is 11.7. The van der Waals surface area contributed by atoms with E-state index >= 15 is 0 Å². The summed E-state index contributed by atoms with van der Waals surface area (Å²) in [5.74, 6) is 0. The number of nitrogens with one attached hydrogen (secondary N) is 1. The Morgan fingerprint density at radius 1 is 1.35 bits per heavy atom. The van der Waals surface area contributed by atoms with E-state index in [4.69, 9.17) is 16.6 Å². The Bertz CT molecular complexity index is 500. The number of aromatic nitrogens is 1. The molecule has 0 radical (unpaired) electrons. The van der Waals surface area contributed by atoms with Gasteiger partial charge in [0.1, 0.15) is 5.01 Å². The number of hydrogen-bond acceptors (Lipinski definition) is 4. The van der Waals surface area contributed by atoms with Crippen molar-refractivity contribution in [1.29, 1.82) is 0 Å². The Hall–Kier alpha value is -0.420. The van der Waals surface area contributed by atoms with Gasteiger partial charge in [-0.15, -0.1) is 22.7 Å². The van der Waals surface area contributed by atoms with E-state index in [2.05, 4.69) is 10.7 Å². The zero-order valence-electron chi connectivity index (χ0n) is 9.28. The van der Waals surface area contributed by atoms with E-state index < -0.39 is 0 Å². The predicted molar refractivity (Wildman–Crippen MR) is 75.0 cm³/mol. The van der Waals surface area contributed by atoms with Crippen LogP contribution < -0.4 is 5.32 Å². The number of piperidine rings is 1. The van der Waals surface area contributed by atoms with Crippen molar-refractivity contribution < 1.29 is 0 Å². The van der Waals surface area contributed by atoms with E-state index in [0.29, 0.717) is 6.04 Å². The van der Waals surface area contributed by atoms with E-state index in [1.165, 1.54) is 24.3 Å². The first kappa shape index (κ1) is 11.7. The number of halogens is 1. The average molecular weight is 285 g/mol. The quantitative estimate of drug-likeness (QED) is 0.887. The summed E-state index contributed by atoms with van der Waals surface area (Å²) in [6, 6.07) is 4.43. The van der Waals surface area contributed by atoms with Gasteiger partial charge in [0.25, 0.3) is 0 Å². The molecule has 0 amide bonds. The highest BCUT2D eigenvalue weighted by Crippen LogP contribution is 2.34. The number of nitrogens with zero attached hydrogens (tertiary/aromatic N) is 1. The number of rotatable bonds is 2. The molecule has 1 N–H and O–H groups in total. The lowest BCUT2D eigenvalue weighted by molar-refractivity contribution is 0.411. The minimum absolute atomic E-state index is 0.456. The van der Waals surface area contributed by atoms with Gasteiger partial charge in [-0.3, -0.25) is 0 Å². The highest BCUT2D eigenvalue weighted by molar-refractivity contribution is 7.19. The van der Waals surface area contributed by atoms with Crippen molar-refractivity contribution in [2.45, 2.75) is 25.3 Å². The van der Waals surface area contributed by atoms with Crippen molar-refractivity contribution in [3.63, 3.8) is 0 Å². The fourth-order valence-electron chi connectivity index (χ4n) is 2.08. The monoisotopic (exact) mass is 284 g/mol. The van der Waals surface area contributed by atoms with Crippen LogP contribution in [0.1, 0.15) is 30.3 Å². The molecule has 1 unspecified atom stereocenters. The maximum absolute atomic E-state index is 5.95. The van der Waals surface area contributed by atoms with Crippen LogP contribution in [-0.2, 0) is 0 Å². The Morgan fingerprint density at radius 3 is 3.00 bits per heavy atom. The van der Waals surface area contributed by atoms with Crippen LogP contribution in [0, 0.1) is 0 Å². The fourth-order valence-corrected chi connectivity index (χ4v) is 4.08. The molecule has 0 bridgehead atoms. The molecule has 2 aromatic rings. The summed E-state index contributed by atoms with van der Waals surface area (Å²) in [7, 11) is 0. The summed E-state index contributed by atoms with van der Waals surface area (Å²) in [5.41, 5.74) is 1.06. The molecule has 3 rings (SSSR count). The second-order valence-corrected chi connectivity index (χ2v) is 6.78. The van der Waals surface area contributed by atoms with Crippen LogP contribution in [0.25, 0.3) is 10.6 Å². The molecule has 17 heavy (non-hydrogen) atoms. The molecule has 1 aliphatic rings. The summed E-state index contributed by atoms with van der Waals surface area (Å²) < 4.78 is 0.824. The van der Waals surface area contributed by atoms with Crippen molar-refractivity contribution in [3.05, 3.63) is 26.9 Å². The van der Waals surface area contributed by atoms with Crippen molar-refractivity contribution in [1.82, 2.24) is 10.3 Å². The topological polar surface area (TPSA) is 24.9 Å². The van der Waals surface area contributed by atoms with Gasteiger partial charge in [-0.25, -0.2) is 4.98 Å². The minimum Gasteiger partial charge on any atom is -0.308 e. The molecule has 90 valence electrons. The van der Waals surface area contributed by atoms with Gasteiger partial charge in [0.15, 0.2) is 0 Å². The van der Waals surface area contributed by atoms with Gasteiger partial charge in [0.2, 0.25) is 0 Å². The normalized spacial score (nSPS) is 20.6. The van der Waals surface area contributed by atoms with Crippen molar-refractivity contribution in [2.75, 3.05) is 6.54 Å². The van der Waals surface area contributed by atoms with Gasteiger partial charge in [-0.2, -0.15) is 0 Å². The maximum Gasteiger partial charge on any atom is 0.110 e. The molecule has 1 atom stereocenters. The molecule has 1 fully saturated rings. The van der Waals surface area contributed by atoms with E-state index in [0.717, 1.165) is 21.5 Å². The third kappa shape index (κ3) is 2.55. The van der Waals surface area contributed by atoms with E-state index in [1.54, 1.807) is 22.7 Å². The summed E-state index contributed by atoms with van der Waals surface area (Å²) in [6.45, 7) is 1.12. The molecule has 0 spiro atoms. The molecule has 5 heteroatoms. The van der Waals surface area contributed by atoms with Crippen LogP contribution in [0.2, 0.25) is 4.34 Å². The standard InChI is InChI=1S/C12H13ClN2S2/c13-11-5-4-10(17-11)9-7-16-12(15-9)8-3-1-2-6-14-8/h4-5,7-8,14H,1-3,6H2. The first-order valence-electron chi connectivity index (χ1n) is 5.77. The van der Waals surface area contributed by atoms with E-state index in [-0.39, 0.29) is 0 Å². The highest BCUT2D eigenvalue weighted by Gasteiger charge is 2.18. The first-order chi connectivity index (χ1) is 8.33. The third-order valence-corrected chi connectivity index (χ3v) is 5.17. The van der Waals surface area contributed by atoms with E-state index in [9.17, 15) is 0 Å². The molecule has 0 saturated carbocycles. The van der Waals surface area contributed by atoms with Crippen LogP contribution in [0.3, 0.4) is 0 Å². The number of thiazole rings is 1. The lowest BCUT2D eigenvalue weighted by Crippen LogP contribution is -2.26. The predicted octanol–water partition coefficient (Wildman–Crippen LogP) is 4.34. The van der Waals surface area contributed by atoms with E-state index in [1.807, 2.05) is 12.1 Å². The summed E-state index contributed by atoms with van der Waals surface area (Å²) in [4.78, 5) is 5.89. The zero-order chi connectivity index (χ0) is 11.7. The Balaban J connectivity index is 1.82. The van der Waals surface area contributed by atoms with Crippen LogP contribution in [0.15, 0.2) is 17.5 Å². The summed E-state index contributed by atoms with van der Waals surface area (Å²) >= 11 is 9.29.